The van der Waals surface area contributed by atoms with Crippen LogP contribution in [0.25, 0.3) is 0 Å². The Labute approximate surface area is 94.0 Å². The van der Waals surface area contributed by atoms with E-state index in [1.54, 1.807) is 0 Å². The summed E-state index contributed by atoms with van der Waals surface area (Å²) in [6, 6.07) is 0. The number of aliphatic hydroxyl groups is 1. The van der Waals surface area contributed by atoms with Crippen LogP contribution < -0.4 is 0 Å². The second-order valence-corrected chi connectivity index (χ2v) is 4.66. The minimum atomic E-state index is 0.176. The topological polar surface area (TPSA) is 32.8 Å². The molecule has 0 bridgehead atoms. The molecular weight excluding hydrogens is 188 g/mol. The molecule has 1 aliphatic heterocycles. The van der Waals surface area contributed by atoms with E-state index in [4.69, 9.17) is 9.84 Å². The van der Waals surface area contributed by atoms with Gasteiger partial charge in [-0.25, -0.2) is 0 Å². The summed E-state index contributed by atoms with van der Waals surface area (Å²) in [5.74, 6) is 0. The minimum absolute atomic E-state index is 0.176. The molecular formula is C13H26O2. The number of unbranched alkanes of at least 4 members (excludes halogenated alkanes) is 7. The molecule has 0 aliphatic carbocycles. The van der Waals surface area contributed by atoms with E-state index in [1.165, 1.54) is 51.4 Å². The zero-order valence-electron chi connectivity index (χ0n) is 10.1. The Morgan fingerprint density at radius 3 is 2.00 bits per heavy atom. The van der Waals surface area contributed by atoms with Crippen LogP contribution in [-0.2, 0) is 4.74 Å². The molecule has 2 nitrogen and oxygen atoms in total. The number of aliphatic hydroxyl groups excluding tert-OH is 1. The van der Waals surface area contributed by atoms with E-state index in [2.05, 4.69) is 6.92 Å². The molecule has 2 atom stereocenters. The minimum Gasteiger partial charge on any atom is -0.394 e. The third kappa shape index (κ3) is 6.16. The molecule has 90 valence electrons. The molecule has 1 N–H and O–H groups in total. The van der Waals surface area contributed by atoms with Crippen LogP contribution in [0.4, 0.5) is 0 Å². The number of hydrogen-bond acceptors (Lipinski definition) is 2. The molecule has 1 fully saturated rings. The smallest absolute Gasteiger partial charge is 0.107 e. The van der Waals surface area contributed by atoms with E-state index in [-0.39, 0.29) is 12.7 Å². The molecule has 1 aliphatic rings. The number of rotatable bonds is 10. The van der Waals surface area contributed by atoms with Crippen molar-refractivity contribution in [1.82, 2.24) is 0 Å². The Morgan fingerprint density at radius 2 is 1.47 bits per heavy atom. The Morgan fingerprint density at radius 1 is 0.867 bits per heavy atom. The van der Waals surface area contributed by atoms with E-state index < -0.39 is 0 Å². The van der Waals surface area contributed by atoms with Gasteiger partial charge in [0.15, 0.2) is 0 Å². The third-order valence-corrected chi connectivity index (χ3v) is 3.21. The van der Waals surface area contributed by atoms with Gasteiger partial charge in [0.25, 0.3) is 0 Å². The standard InChI is InChI=1S/C13H26O2/c1-2-3-4-5-6-7-8-9-10-12-13(11-14)15-12/h12-14H,2-11H2,1H3/t12-,13+/m0/s1. The van der Waals surface area contributed by atoms with E-state index in [9.17, 15) is 0 Å². The zero-order chi connectivity index (χ0) is 10.9. The first-order valence-corrected chi connectivity index (χ1v) is 6.64. The molecule has 0 aromatic heterocycles. The Hall–Kier alpha value is -0.0800. The van der Waals surface area contributed by atoms with Crippen molar-refractivity contribution in [1.29, 1.82) is 0 Å². The van der Waals surface area contributed by atoms with E-state index in [0.29, 0.717) is 6.10 Å². The first-order valence-electron chi connectivity index (χ1n) is 6.64. The molecule has 1 saturated heterocycles. The zero-order valence-corrected chi connectivity index (χ0v) is 10.1. The SMILES string of the molecule is CCCCCCCCCC[C@@H]1O[C@@H]1CO. The molecule has 15 heavy (non-hydrogen) atoms. The van der Waals surface area contributed by atoms with E-state index in [1.807, 2.05) is 0 Å². The Balaban J connectivity index is 1.71. The van der Waals surface area contributed by atoms with Gasteiger partial charge >= 0.3 is 0 Å². The van der Waals surface area contributed by atoms with Crippen LogP contribution in [-0.4, -0.2) is 23.9 Å². The molecule has 0 spiro atoms. The van der Waals surface area contributed by atoms with Crippen LogP contribution in [0.3, 0.4) is 0 Å². The van der Waals surface area contributed by atoms with Gasteiger partial charge in [0.2, 0.25) is 0 Å². The van der Waals surface area contributed by atoms with Crippen LogP contribution in [0.2, 0.25) is 0 Å². The fourth-order valence-electron chi connectivity index (χ4n) is 2.07. The summed E-state index contributed by atoms with van der Waals surface area (Å²) >= 11 is 0. The van der Waals surface area contributed by atoms with Gasteiger partial charge in [-0.1, -0.05) is 58.3 Å². The lowest BCUT2D eigenvalue weighted by atomic mass is 10.1. The summed E-state index contributed by atoms with van der Waals surface area (Å²) in [5, 5.41) is 8.77. The summed E-state index contributed by atoms with van der Waals surface area (Å²) in [6.07, 6.45) is 12.6. The van der Waals surface area contributed by atoms with Crippen LogP contribution in [0.1, 0.15) is 64.7 Å². The second-order valence-electron chi connectivity index (χ2n) is 4.66. The summed E-state index contributed by atoms with van der Waals surface area (Å²) in [6.45, 7) is 2.47. The van der Waals surface area contributed by atoms with Crippen molar-refractivity contribution >= 4 is 0 Å². The van der Waals surface area contributed by atoms with Gasteiger partial charge in [0.1, 0.15) is 6.10 Å². The van der Waals surface area contributed by atoms with Crippen molar-refractivity contribution in [3.8, 4) is 0 Å². The molecule has 0 amide bonds. The van der Waals surface area contributed by atoms with Gasteiger partial charge < -0.3 is 9.84 Å². The van der Waals surface area contributed by atoms with Crippen molar-refractivity contribution in [2.75, 3.05) is 6.61 Å². The lowest BCUT2D eigenvalue weighted by Crippen LogP contribution is -1.98. The summed E-state index contributed by atoms with van der Waals surface area (Å²) < 4.78 is 5.28. The van der Waals surface area contributed by atoms with Gasteiger partial charge in [-0.3, -0.25) is 0 Å². The van der Waals surface area contributed by atoms with Crippen LogP contribution in [0, 0.1) is 0 Å². The molecule has 0 saturated carbocycles. The van der Waals surface area contributed by atoms with Gasteiger partial charge in [-0.2, -0.15) is 0 Å². The number of hydrogen-bond donors (Lipinski definition) is 1. The highest BCUT2D eigenvalue weighted by atomic mass is 16.6. The lowest BCUT2D eigenvalue weighted by Gasteiger charge is -2.00. The Bertz CT molecular complexity index is 147. The van der Waals surface area contributed by atoms with Crippen LogP contribution in [0.15, 0.2) is 0 Å². The van der Waals surface area contributed by atoms with Crippen molar-refractivity contribution in [2.24, 2.45) is 0 Å². The summed E-state index contributed by atoms with van der Waals surface area (Å²) in [4.78, 5) is 0. The first-order chi connectivity index (χ1) is 7.38. The normalized spacial score (nSPS) is 24.4. The lowest BCUT2D eigenvalue weighted by molar-refractivity contribution is 0.241. The quantitative estimate of drug-likeness (QED) is 0.447. The summed E-state index contributed by atoms with van der Waals surface area (Å²) in [5.41, 5.74) is 0. The largest absolute Gasteiger partial charge is 0.394 e. The highest BCUT2D eigenvalue weighted by Gasteiger charge is 2.36. The maximum atomic E-state index is 8.77. The maximum Gasteiger partial charge on any atom is 0.107 e. The third-order valence-electron chi connectivity index (χ3n) is 3.21. The van der Waals surface area contributed by atoms with Gasteiger partial charge in [-0.15, -0.1) is 0 Å². The van der Waals surface area contributed by atoms with Crippen molar-refractivity contribution in [3.63, 3.8) is 0 Å². The molecule has 1 heterocycles. The number of ether oxygens (including phenoxy) is 1. The predicted molar refractivity (Wildman–Crippen MR) is 63.0 cm³/mol. The molecule has 0 radical (unpaired) electrons. The first kappa shape index (κ1) is 13.0. The van der Waals surface area contributed by atoms with Crippen molar-refractivity contribution in [2.45, 2.75) is 76.9 Å². The van der Waals surface area contributed by atoms with Crippen molar-refractivity contribution in [3.05, 3.63) is 0 Å². The highest BCUT2D eigenvalue weighted by Crippen LogP contribution is 2.26. The molecule has 0 aromatic rings. The van der Waals surface area contributed by atoms with Gasteiger partial charge in [0.05, 0.1) is 12.7 Å². The monoisotopic (exact) mass is 214 g/mol. The second kappa shape index (κ2) is 8.12. The van der Waals surface area contributed by atoms with Crippen molar-refractivity contribution < 1.29 is 9.84 Å². The Kier molecular flexibility index (Phi) is 7.03. The highest BCUT2D eigenvalue weighted by molar-refractivity contribution is 4.83. The fourth-order valence-corrected chi connectivity index (χ4v) is 2.07. The van der Waals surface area contributed by atoms with Crippen LogP contribution in [0.5, 0.6) is 0 Å². The van der Waals surface area contributed by atoms with E-state index >= 15 is 0 Å². The summed E-state index contributed by atoms with van der Waals surface area (Å²) in [7, 11) is 0. The fraction of sp³-hybridized carbons (Fsp3) is 1.00. The predicted octanol–water partition coefficient (Wildman–Crippen LogP) is 3.28. The molecule has 2 heteroatoms. The number of epoxide rings is 1. The average molecular weight is 214 g/mol. The van der Waals surface area contributed by atoms with Gasteiger partial charge in [-0.05, 0) is 6.42 Å². The van der Waals surface area contributed by atoms with Crippen LogP contribution >= 0.6 is 0 Å². The molecule has 0 unspecified atom stereocenters. The molecule has 1 rings (SSSR count). The molecule has 0 aromatic carbocycles. The average Bonchev–Trinajstić information content (AvgIpc) is 3.01. The van der Waals surface area contributed by atoms with E-state index in [0.717, 1.165) is 6.42 Å². The maximum absolute atomic E-state index is 8.77. The van der Waals surface area contributed by atoms with Gasteiger partial charge in [0, 0.05) is 0 Å².